The Morgan fingerprint density at radius 2 is 2.20 bits per heavy atom. The zero-order chi connectivity index (χ0) is 13.9. The number of carbonyl (C=O) groups excluding carboxylic acids is 1. The van der Waals surface area contributed by atoms with Gasteiger partial charge in [0.1, 0.15) is 5.01 Å². The SMILES string of the molecule is O=C(Nc1ccc2nc(C=CO)sc2c1)C1CCCC1. The van der Waals surface area contributed by atoms with E-state index in [1.165, 1.54) is 11.3 Å². The van der Waals surface area contributed by atoms with Gasteiger partial charge in [-0.05, 0) is 31.0 Å². The molecule has 1 aliphatic rings. The van der Waals surface area contributed by atoms with Crippen molar-refractivity contribution in [2.24, 2.45) is 5.92 Å². The Morgan fingerprint density at radius 3 is 2.95 bits per heavy atom. The molecule has 2 N–H and O–H groups in total. The van der Waals surface area contributed by atoms with Crippen LogP contribution in [0.25, 0.3) is 16.3 Å². The smallest absolute Gasteiger partial charge is 0.227 e. The molecule has 1 amide bonds. The van der Waals surface area contributed by atoms with E-state index in [2.05, 4.69) is 10.3 Å². The number of thiazole rings is 1. The van der Waals surface area contributed by atoms with Crippen molar-refractivity contribution in [1.29, 1.82) is 0 Å². The minimum absolute atomic E-state index is 0.127. The first-order chi connectivity index (χ1) is 9.76. The third-order valence-electron chi connectivity index (χ3n) is 3.62. The Kier molecular flexibility index (Phi) is 3.69. The minimum Gasteiger partial charge on any atom is -0.515 e. The van der Waals surface area contributed by atoms with Crippen molar-refractivity contribution in [3.8, 4) is 0 Å². The lowest BCUT2D eigenvalue weighted by molar-refractivity contribution is -0.119. The zero-order valence-electron chi connectivity index (χ0n) is 11.0. The summed E-state index contributed by atoms with van der Waals surface area (Å²) in [7, 11) is 0. The molecule has 1 fully saturated rings. The Hall–Kier alpha value is -1.88. The van der Waals surface area contributed by atoms with Gasteiger partial charge in [0.15, 0.2) is 0 Å². The highest BCUT2D eigenvalue weighted by molar-refractivity contribution is 7.19. The quantitative estimate of drug-likeness (QED) is 0.840. The van der Waals surface area contributed by atoms with Crippen LogP contribution in [-0.4, -0.2) is 16.0 Å². The van der Waals surface area contributed by atoms with E-state index < -0.39 is 0 Å². The van der Waals surface area contributed by atoms with E-state index in [-0.39, 0.29) is 11.8 Å². The highest BCUT2D eigenvalue weighted by atomic mass is 32.1. The minimum atomic E-state index is 0.127. The molecule has 1 aliphatic carbocycles. The molecule has 0 bridgehead atoms. The van der Waals surface area contributed by atoms with Gasteiger partial charge in [-0.3, -0.25) is 4.79 Å². The van der Waals surface area contributed by atoms with Crippen molar-refractivity contribution in [3.63, 3.8) is 0 Å². The van der Waals surface area contributed by atoms with Crippen molar-refractivity contribution in [2.75, 3.05) is 5.32 Å². The van der Waals surface area contributed by atoms with Gasteiger partial charge in [0, 0.05) is 17.7 Å². The van der Waals surface area contributed by atoms with E-state index in [1.807, 2.05) is 18.2 Å². The molecule has 5 heteroatoms. The van der Waals surface area contributed by atoms with Gasteiger partial charge in [-0.15, -0.1) is 11.3 Å². The summed E-state index contributed by atoms with van der Waals surface area (Å²) in [5.74, 6) is 0.293. The van der Waals surface area contributed by atoms with Crippen LogP contribution in [0.5, 0.6) is 0 Å². The Balaban J connectivity index is 1.79. The van der Waals surface area contributed by atoms with Crippen LogP contribution in [0.4, 0.5) is 5.69 Å². The van der Waals surface area contributed by atoms with Gasteiger partial charge in [-0.2, -0.15) is 0 Å². The average molecular weight is 288 g/mol. The van der Waals surface area contributed by atoms with E-state index in [0.29, 0.717) is 0 Å². The number of aliphatic hydroxyl groups excluding tert-OH is 1. The number of hydrogen-bond acceptors (Lipinski definition) is 4. The predicted molar refractivity (Wildman–Crippen MR) is 81.9 cm³/mol. The first kappa shape index (κ1) is 13.1. The van der Waals surface area contributed by atoms with Crippen LogP contribution in [0.2, 0.25) is 0 Å². The third kappa shape index (κ3) is 2.67. The second kappa shape index (κ2) is 5.63. The number of hydrogen-bond donors (Lipinski definition) is 2. The summed E-state index contributed by atoms with van der Waals surface area (Å²) in [6, 6.07) is 5.71. The second-order valence-corrected chi connectivity index (χ2v) is 6.08. The molecule has 0 aliphatic heterocycles. The molecule has 0 spiro atoms. The van der Waals surface area contributed by atoms with Gasteiger partial charge >= 0.3 is 0 Å². The molecular weight excluding hydrogens is 272 g/mol. The summed E-state index contributed by atoms with van der Waals surface area (Å²) in [5, 5.41) is 12.5. The lowest BCUT2D eigenvalue weighted by Gasteiger charge is -2.10. The molecule has 2 aromatic rings. The molecule has 0 radical (unpaired) electrons. The predicted octanol–water partition coefficient (Wildman–Crippen LogP) is 3.95. The van der Waals surface area contributed by atoms with Gasteiger partial charge in [0.25, 0.3) is 0 Å². The van der Waals surface area contributed by atoms with Crippen LogP contribution >= 0.6 is 11.3 Å². The lowest BCUT2D eigenvalue weighted by atomic mass is 10.1. The fourth-order valence-electron chi connectivity index (χ4n) is 2.59. The van der Waals surface area contributed by atoms with Gasteiger partial charge < -0.3 is 10.4 Å². The van der Waals surface area contributed by atoms with Gasteiger partial charge in [-0.25, -0.2) is 4.98 Å². The number of nitrogens with zero attached hydrogens (tertiary/aromatic N) is 1. The number of rotatable bonds is 3. The molecule has 0 unspecified atom stereocenters. The van der Waals surface area contributed by atoms with Crippen LogP contribution in [0.3, 0.4) is 0 Å². The molecule has 20 heavy (non-hydrogen) atoms. The zero-order valence-corrected chi connectivity index (χ0v) is 11.8. The summed E-state index contributed by atoms with van der Waals surface area (Å²) in [6.07, 6.45) is 6.85. The fraction of sp³-hybridized carbons (Fsp3) is 0.333. The Morgan fingerprint density at radius 1 is 1.40 bits per heavy atom. The maximum Gasteiger partial charge on any atom is 0.227 e. The highest BCUT2D eigenvalue weighted by Gasteiger charge is 2.22. The van der Waals surface area contributed by atoms with Gasteiger partial charge in [0.05, 0.1) is 16.5 Å². The van der Waals surface area contributed by atoms with E-state index in [4.69, 9.17) is 5.11 Å². The summed E-state index contributed by atoms with van der Waals surface area (Å²) in [6.45, 7) is 0. The maximum atomic E-state index is 12.1. The molecule has 3 rings (SSSR count). The summed E-state index contributed by atoms with van der Waals surface area (Å²) in [4.78, 5) is 16.5. The first-order valence-corrected chi connectivity index (χ1v) is 7.60. The first-order valence-electron chi connectivity index (χ1n) is 6.78. The van der Waals surface area contributed by atoms with Crippen LogP contribution < -0.4 is 5.32 Å². The van der Waals surface area contributed by atoms with Gasteiger partial charge in [0.2, 0.25) is 5.91 Å². The molecule has 1 aromatic carbocycles. The molecule has 104 valence electrons. The van der Waals surface area contributed by atoms with Crippen LogP contribution in [0.1, 0.15) is 30.7 Å². The third-order valence-corrected chi connectivity index (χ3v) is 4.60. The number of anilines is 1. The van der Waals surface area contributed by atoms with Gasteiger partial charge in [-0.1, -0.05) is 12.8 Å². The van der Waals surface area contributed by atoms with Crippen molar-refractivity contribution in [3.05, 3.63) is 29.5 Å². The number of benzene rings is 1. The molecular formula is C15H16N2O2S. The summed E-state index contributed by atoms with van der Waals surface area (Å²) in [5.41, 5.74) is 1.69. The fourth-order valence-corrected chi connectivity index (χ4v) is 3.49. The number of fused-ring (bicyclic) bond motifs is 1. The van der Waals surface area contributed by atoms with Crippen LogP contribution in [-0.2, 0) is 4.79 Å². The van der Waals surface area contributed by atoms with E-state index in [1.54, 1.807) is 6.08 Å². The van der Waals surface area contributed by atoms with E-state index in [0.717, 1.165) is 52.9 Å². The number of aromatic nitrogens is 1. The lowest BCUT2D eigenvalue weighted by Crippen LogP contribution is -2.20. The van der Waals surface area contributed by atoms with Crippen molar-refractivity contribution in [2.45, 2.75) is 25.7 Å². The normalized spacial score (nSPS) is 16.2. The van der Waals surface area contributed by atoms with Crippen LogP contribution in [0, 0.1) is 5.92 Å². The standard InChI is InChI=1S/C15H16N2O2S/c18-8-7-14-17-12-6-5-11(9-13(12)20-14)16-15(19)10-3-1-2-4-10/h5-10,18H,1-4H2,(H,16,19). The number of amides is 1. The topological polar surface area (TPSA) is 62.2 Å². The number of nitrogens with one attached hydrogen (secondary N) is 1. The molecule has 0 saturated heterocycles. The molecule has 1 heterocycles. The maximum absolute atomic E-state index is 12.1. The van der Waals surface area contributed by atoms with Crippen LogP contribution in [0.15, 0.2) is 24.5 Å². The Bertz CT molecular complexity index is 657. The average Bonchev–Trinajstić information content (AvgIpc) is 3.07. The second-order valence-electron chi connectivity index (χ2n) is 5.02. The summed E-state index contributed by atoms with van der Waals surface area (Å²) < 4.78 is 1.00. The molecule has 4 nitrogen and oxygen atoms in total. The van der Waals surface area contributed by atoms with Crippen molar-refractivity contribution < 1.29 is 9.90 Å². The monoisotopic (exact) mass is 288 g/mol. The molecule has 1 aromatic heterocycles. The van der Waals surface area contributed by atoms with Crippen molar-refractivity contribution >= 4 is 39.2 Å². The number of aliphatic hydroxyl groups is 1. The summed E-state index contributed by atoms with van der Waals surface area (Å²) >= 11 is 1.49. The number of carbonyl (C=O) groups is 1. The van der Waals surface area contributed by atoms with E-state index >= 15 is 0 Å². The Labute approximate surface area is 121 Å². The largest absolute Gasteiger partial charge is 0.515 e. The van der Waals surface area contributed by atoms with Crippen molar-refractivity contribution in [1.82, 2.24) is 4.98 Å². The highest BCUT2D eigenvalue weighted by Crippen LogP contribution is 2.28. The van der Waals surface area contributed by atoms with E-state index in [9.17, 15) is 4.79 Å². The molecule has 1 saturated carbocycles. The molecule has 0 atom stereocenters.